The maximum absolute atomic E-state index is 13.8. The number of aromatic nitrogens is 1. The zero-order valence-electron chi connectivity index (χ0n) is 19.6. The van der Waals surface area contributed by atoms with E-state index in [4.69, 9.17) is 34.8 Å². The fourth-order valence-electron chi connectivity index (χ4n) is 4.37. The summed E-state index contributed by atoms with van der Waals surface area (Å²) in [5.74, 6) is 1.22. The number of carbonyl (C=O) groups is 1. The third-order valence-corrected chi connectivity index (χ3v) is 6.42. The van der Waals surface area contributed by atoms with Crippen LogP contribution in [0.4, 0.5) is 5.82 Å². The Bertz CT molecular complexity index is 1530. The maximum Gasteiger partial charge on any atom is 0.296 e. The molecule has 1 aliphatic heterocycles. The Morgan fingerprint density at radius 3 is 2.23 bits per heavy atom. The highest BCUT2D eigenvalue weighted by molar-refractivity contribution is 6.32. The quantitative estimate of drug-likeness (QED) is 0.387. The predicted molar refractivity (Wildman–Crippen MR) is 128 cm³/mol. The van der Waals surface area contributed by atoms with E-state index in [1.165, 1.54) is 26.2 Å². The molecule has 35 heavy (non-hydrogen) atoms. The van der Waals surface area contributed by atoms with Crippen LogP contribution >= 0.6 is 11.6 Å². The summed E-state index contributed by atoms with van der Waals surface area (Å²) in [5, 5.41) is 4.72. The van der Waals surface area contributed by atoms with E-state index in [0.29, 0.717) is 33.6 Å². The van der Waals surface area contributed by atoms with Gasteiger partial charge < -0.3 is 23.2 Å². The summed E-state index contributed by atoms with van der Waals surface area (Å²) in [6.07, 6.45) is 0. The van der Waals surface area contributed by atoms with Crippen LogP contribution in [-0.2, 0) is 0 Å². The maximum atomic E-state index is 13.8. The molecule has 0 fully saturated rings. The lowest BCUT2D eigenvalue weighted by Crippen LogP contribution is -2.29. The first-order valence-corrected chi connectivity index (χ1v) is 11.0. The van der Waals surface area contributed by atoms with Gasteiger partial charge in [0.25, 0.3) is 5.91 Å². The lowest BCUT2D eigenvalue weighted by atomic mass is 9.97. The van der Waals surface area contributed by atoms with Crippen molar-refractivity contribution in [2.75, 3.05) is 26.2 Å². The number of halogens is 1. The van der Waals surface area contributed by atoms with Gasteiger partial charge in [0.05, 0.1) is 38.3 Å². The fourth-order valence-corrected chi connectivity index (χ4v) is 4.53. The second-order valence-corrected chi connectivity index (χ2v) is 8.51. The average Bonchev–Trinajstić information content (AvgIpc) is 3.40. The number of ether oxygens (including phenoxy) is 3. The molecule has 0 aliphatic carbocycles. The molecule has 1 amide bonds. The number of methoxy groups -OCH3 is 3. The van der Waals surface area contributed by atoms with E-state index in [0.717, 1.165) is 5.56 Å². The third kappa shape index (κ3) is 3.42. The van der Waals surface area contributed by atoms with E-state index in [2.05, 4.69) is 5.16 Å². The van der Waals surface area contributed by atoms with Crippen LogP contribution in [0, 0.1) is 13.8 Å². The minimum atomic E-state index is -0.906. The Balaban J connectivity index is 1.85. The van der Waals surface area contributed by atoms with Crippen LogP contribution in [0.1, 0.15) is 39.0 Å². The Labute approximate surface area is 204 Å². The van der Waals surface area contributed by atoms with Crippen molar-refractivity contribution in [3.63, 3.8) is 0 Å². The lowest BCUT2D eigenvalue weighted by molar-refractivity contribution is 0.0969. The van der Waals surface area contributed by atoms with E-state index in [9.17, 15) is 9.59 Å². The van der Waals surface area contributed by atoms with Gasteiger partial charge in [-0.05, 0) is 49.2 Å². The first kappa shape index (κ1) is 22.8. The highest BCUT2D eigenvalue weighted by atomic mass is 35.5. The molecular weight excluding hydrogens is 476 g/mol. The standard InChI is InChI=1S/C25H21ClN2O7/c1-11-6-16-14(10-15(11)26)22(29)20-21(13-8-17(31-3)23(33-5)18(9-13)32-4)28(25(30)24(20)34-16)19-7-12(2)35-27-19/h6-10,21H,1-5H3. The first-order chi connectivity index (χ1) is 16.8. The number of rotatable bonds is 5. The summed E-state index contributed by atoms with van der Waals surface area (Å²) < 4.78 is 27.7. The Morgan fingerprint density at radius 2 is 1.66 bits per heavy atom. The summed E-state index contributed by atoms with van der Waals surface area (Å²) in [5.41, 5.74) is 1.29. The molecule has 2 aromatic carbocycles. The number of aryl methyl sites for hydroxylation is 2. The van der Waals surface area contributed by atoms with Gasteiger partial charge in [-0.25, -0.2) is 0 Å². The van der Waals surface area contributed by atoms with E-state index in [1.807, 2.05) is 0 Å². The predicted octanol–water partition coefficient (Wildman–Crippen LogP) is 4.83. The normalized spacial score (nSPS) is 15.0. The minimum Gasteiger partial charge on any atom is -0.493 e. The summed E-state index contributed by atoms with van der Waals surface area (Å²) in [4.78, 5) is 28.8. The van der Waals surface area contributed by atoms with E-state index in [-0.39, 0.29) is 33.5 Å². The number of hydrogen-bond acceptors (Lipinski definition) is 8. The third-order valence-electron chi connectivity index (χ3n) is 6.02. The number of anilines is 1. The molecule has 0 saturated carbocycles. The van der Waals surface area contributed by atoms with Crippen LogP contribution in [0.25, 0.3) is 11.0 Å². The Kier molecular flexibility index (Phi) is 5.44. The number of nitrogens with zero attached hydrogens (tertiary/aromatic N) is 2. The van der Waals surface area contributed by atoms with Gasteiger partial charge in [-0.1, -0.05) is 16.8 Å². The summed E-state index contributed by atoms with van der Waals surface area (Å²) >= 11 is 6.31. The largest absolute Gasteiger partial charge is 0.493 e. The van der Waals surface area contributed by atoms with Crippen LogP contribution in [0.2, 0.25) is 5.02 Å². The monoisotopic (exact) mass is 496 g/mol. The molecular formula is C25H21ClN2O7. The van der Waals surface area contributed by atoms with Crippen molar-refractivity contribution in [2.24, 2.45) is 0 Å². The van der Waals surface area contributed by atoms with Gasteiger partial charge in [-0.3, -0.25) is 14.5 Å². The van der Waals surface area contributed by atoms with Crippen molar-refractivity contribution >= 4 is 34.3 Å². The van der Waals surface area contributed by atoms with Crippen molar-refractivity contribution in [1.82, 2.24) is 5.16 Å². The molecule has 1 atom stereocenters. The van der Waals surface area contributed by atoms with Crippen molar-refractivity contribution in [2.45, 2.75) is 19.9 Å². The molecule has 0 bridgehead atoms. The second-order valence-electron chi connectivity index (χ2n) is 8.10. The molecule has 0 spiro atoms. The van der Waals surface area contributed by atoms with Crippen LogP contribution in [0.5, 0.6) is 17.2 Å². The molecule has 4 aromatic rings. The topological polar surface area (TPSA) is 104 Å². The summed E-state index contributed by atoms with van der Waals surface area (Å²) in [6.45, 7) is 3.50. The zero-order valence-corrected chi connectivity index (χ0v) is 20.4. The average molecular weight is 497 g/mol. The van der Waals surface area contributed by atoms with Crippen molar-refractivity contribution in [3.8, 4) is 17.2 Å². The molecule has 9 nitrogen and oxygen atoms in total. The van der Waals surface area contributed by atoms with Gasteiger partial charge in [-0.2, -0.15) is 0 Å². The summed E-state index contributed by atoms with van der Waals surface area (Å²) in [7, 11) is 4.46. The molecule has 5 rings (SSSR count). The number of carbonyl (C=O) groups excluding carboxylic acids is 1. The van der Waals surface area contributed by atoms with Gasteiger partial charge >= 0.3 is 0 Å². The highest BCUT2D eigenvalue weighted by Crippen LogP contribution is 2.46. The molecule has 180 valence electrons. The fraction of sp³-hybridized carbons (Fsp3) is 0.240. The molecule has 0 N–H and O–H groups in total. The van der Waals surface area contributed by atoms with Gasteiger partial charge in [0.15, 0.2) is 22.7 Å². The number of hydrogen-bond donors (Lipinski definition) is 0. The van der Waals surface area contributed by atoms with Crippen LogP contribution in [-0.4, -0.2) is 32.4 Å². The molecule has 10 heteroatoms. The Hall–Kier alpha value is -3.98. The second kappa shape index (κ2) is 8.35. The van der Waals surface area contributed by atoms with Crippen LogP contribution < -0.4 is 24.5 Å². The number of fused-ring (bicyclic) bond motifs is 2. The number of benzene rings is 2. The van der Waals surface area contributed by atoms with Gasteiger partial charge in [0.2, 0.25) is 11.5 Å². The lowest BCUT2D eigenvalue weighted by Gasteiger charge is -2.24. The van der Waals surface area contributed by atoms with Crippen LogP contribution in [0.3, 0.4) is 0 Å². The molecule has 3 heterocycles. The van der Waals surface area contributed by atoms with Crippen LogP contribution in [0.15, 0.2) is 44.1 Å². The number of amides is 1. The minimum absolute atomic E-state index is 0.0800. The van der Waals surface area contributed by atoms with Crippen molar-refractivity contribution in [3.05, 3.63) is 73.8 Å². The molecule has 0 saturated heterocycles. The molecule has 1 unspecified atom stereocenters. The highest BCUT2D eigenvalue weighted by Gasteiger charge is 2.45. The zero-order chi connectivity index (χ0) is 25.0. The van der Waals surface area contributed by atoms with E-state index in [1.54, 1.807) is 44.2 Å². The first-order valence-electron chi connectivity index (χ1n) is 10.6. The summed E-state index contributed by atoms with van der Waals surface area (Å²) in [6, 6.07) is 7.26. The van der Waals surface area contributed by atoms with Gasteiger partial charge in [0.1, 0.15) is 11.3 Å². The van der Waals surface area contributed by atoms with Crippen molar-refractivity contribution in [1.29, 1.82) is 0 Å². The van der Waals surface area contributed by atoms with E-state index < -0.39 is 11.9 Å². The molecule has 0 radical (unpaired) electrons. The molecule has 1 aliphatic rings. The van der Waals surface area contributed by atoms with Gasteiger partial charge in [-0.15, -0.1) is 0 Å². The van der Waals surface area contributed by atoms with Crippen molar-refractivity contribution < 1.29 is 27.9 Å². The van der Waals surface area contributed by atoms with Gasteiger partial charge in [0, 0.05) is 11.1 Å². The Morgan fingerprint density at radius 1 is 0.971 bits per heavy atom. The SMILES string of the molecule is COc1cc(C2c3c(oc4cc(C)c(Cl)cc4c3=O)C(=O)N2c2cc(C)on2)cc(OC)c1OC. The van der Waals surface area contributed by atoms with E-state index >= 15 is 0 Å². The molecule has 2 aromatic heterocycles. The smallest absolute Gasteiger partial charge is 0.296 e.